The summed E-state index contributed by atoms with van der Waals surface area (Å²) in [6.45, 7) is 1.53. The van der Waals surface area contributed by atoms with Crippen molar-refractivity contribution in [2.45, 2.75) is 19.1 Å². The van der Waals surface area contributed by atoms with Gasteiger partial charge in [-0.2, -0.15) is 13.2 Å². The molecule has 0 aliphatic carbocycles. The molecule has 19 heavy (non-hydrogen) atoms. The Morgan fingerprint density at radius 2 is 2.00 bits per heavy atom. The zero-order valence-corrected chi connectivity index (χ0v) is 10.4. The second kappa shape index (κ2) is 4.44. The zero-order chi connectivity index (χ0) is 14.4. The average molecular weight is 292 g/mol. The van der Waals surface area contributed by atoms with E-state index in [0.717, 1.165) is 11.0 Å². The molecular formula is C11H8F4N2OS. The van der Waals surface area contributed by atoms with Crippen LogP contribution in [0.5, 0.6) is 0 Å². The van der Waals surface area contributed by atoms with E-state index in [2.05, 4.69) is 5.32 Å². The Labute approximate surface area is 111 Å². The molecule has 0 radical (unpaired) electrons. The van der Waals surface area contributed by atoms with Crippen molar-refractivity contribution in [3.8, 4) is 0 Å². The van der Waals surface area contributed by atoms with E-state index in [1.165, 1.54) is 6.92 Å². The molecule has 0 saturated carbocycles. The number of anilines is 1. The summed E-state index contributed by atoms with van der Waals surface area (Å²) in [5, 5.41) is 2.62. The molecule has 0 aromatic heterocycles. The van der Waals surface area contributed by atoms with Crippen LogP contribution >= 0.6 is 12.2 Å². The lowest BCUT2D eigenvalue weighted by Crippen LogP contribution is -2.31. The first kappa shape index (κ1) is 13.7. The lowest BCUT2D eigenvalue weighted by molar-refractivity contribution is -0.140. The van der Waals surface area contributed by atoms with Gasteiger partial charge in [-0.3, -0.25) is 9.69 Å². The zero-order valence-electron chi connectivity index (χ0n) is 9.58. The number of carbonyl (C=O) groups excluding carboxylic acids is 1. The van der Waals surface area contributed by atoms with Gasteiger partial charge >= 0.3 is 6.18 Å². The number of nitrogens with one attached hydrogen (secondary N) is 1. The van der Waals surface area contributed by atoms with E-state index in [1.54, 1.807) is 0 Å². The maximum absolute atomic E-state index is 13.2. The molecule has 1 N–H and O–H groups in total. The van der Waals surface area contributed by atoms with Crippen molar-refractivity contribution in [3.05, 3.63) is 29.6 Å². The number of amides is 1. The Morgan fingerprint density at radius 3 is 2.47 bits per heavy atom. The Balaban J connectivity index is 2.48. The van der Waals surface area contributed by atoms with Gasteiger partial charge in [0.1, 0.15) is 11.9 Å². The Morgan fingerprint density at radius 1 is 1.37 bits per heavy atom. The van der Waals surface area contributed by atoms with Crippen LogP contribution in [0, 0.1) is 5.82 Å². The van der Waals surface area contributed by atoms with Crippen molar-refractivity contribution in [3.63, 3.8) is 0 Å². The van der Waals surface area contributed by atoms with E-state index in [-0.39, 0.29) is 10.8 Å². The standard InChI is InChI=1S/C11H8F4N2OS/c1-5-9(18)17(10(19)16-5)6-2-3-8(12)7(4-6)11(13,14)15/h2-5H,1H3,(H,16,19)/t5-/m0/s1. The molecule has 8 heteroatoms. The normalized spacial score (nSPS) is 19.8. The van der Waals surface area contributed by atoms with Crippen LogP contribution in [0.4, 0.5) is 23.2 Å². The van der Waals surface area contributed by atoms with E-state index in [9.17, 15) is 22.4 Å². The molecule has 102 valence electrons. The quantitative estimate of drug-likeness (QED) is 0.637. The van der Waals surface area contributed by atoms with Crippen molar-refractivity contribution in [2.75, 3.05) is 4.90 Å². The second-order valence-electron chi connectivity index (χ2n) is 4.01. The molecule has 1 amide bonds. The third kappa shape index (κ3) is 2.40. The summed E-state index contributed by atoms with van der Waals surface area (Å²) in [6.07, 6.45) is -4.83. The van der Waals surface area contributed by atoms with Gasteiger partial charge in [-0.05, 0) is 37.3 Å². The fourth-order valence-corrected chi connectivity index (χ4v) is 2.09. The fraction of sp³-hybridized carbons (Fsp3) is 0.273. The van der Waals surface area contributed by atoms with Crippen molar-refractivity contribution in [1.82, 2.24) is 5.32 Å². The molecule has 1 saturated heterocycles. The molecule has 1 aromatic rings. The molecule has 0 unspecified atom stereocenters. The van der Waals surface area contributed by atoms with Crippen LogP contribution in [0.1, 0.15) is 12.5 Å². The minimum atomic E-state index is -4.83. The topological polar surface area (TPSA) is 32.3 Å². The molecular weight excluding hydrogens is 284 g/mol. The molecule has 2 rings (SSSR count). The summed E-state index contributed by atoms with van der Waals surface area (Å²) >= 11 is 4.87. The van der Waals surface area contributed by atoms with Gasteiger partial charge in [-0.15, -0.1) is 0 Å². The van der Waals surface area contributed by atoms with Crippen molar-refractivity contribution in [1.29, 1.82) is 0 Å². The molecule has 3 nitrogen and oxygen atoms in total. The highest BCUT2D eigenvalue weighted by Crippen LogP contribution is 2.34. The van der Waals surface area contributed by atoms with Gasteiger partial charge in [0.15, 0.2) is 5.11 Å². The van der Waals surface area contributed by atoms with Gasteiger partial charge in [0.2, 0.25) is 0 Å². The molecule has 0 bridgehead atoms. The number of hydrogen-bond donors (Lipinski definition) is 1. The maximum atomic E-state index is 13.2. The Bertz CT molecular complexity index is 558. The summed E-state index contributed by atoms with van der Waals surface area (Å²) in [7, 11) is 0. The lowest BCUT2D eigenvalue weighted by Gasteiger charge is -2.17. The smallest absolute Gasteiger partial charge is 0.350 e. The highest BCUT2D eigenvalue weighted by Gasteiger charge is 2.37. The maximum Gasteiger partial charge on any atom is 0.419 e. The van der Waals surface area contributed by atoms with Gasteiger partial charge < -0.3 is 5.32 Å². The van der Waals surface area contributed by atoms with Gasteiger partial charge in [0.05, 0.1) is 11.3 Å². The molecule has 1 aliphatic heterocycles. The van der Waals surface area contributed by atoms with E-state index in [0.29, 0.717) is 12.1 Å². The Hall–Kier alpha value is -1.70. The van der Waals surface area contributed by atoms with Gasteiger partial charge in [-0.25, -0.2) is 4.39 Å². The minimum absolute atomic E-state index is 0.00256. The van der Waals surface area contributed by atoms with Crippen LogP contribution < -0.4 is 10.2 Å². The molecule has 1 heterocycles. The number of nitrogens with zero attached hydrogens (tertiary/aromatic N) is 1. The van der Waals surface area contributed by atoms with E-state index in [4.69, 9.17) is 12.2 Å². The van der Waals surface area contributed by atoms with Crippen molar-refractivity contribution >= 4 is 28.9 Å². The van der Waals surface area contributed by atoms with Crippen LogP contribution in [0.2, 0.25) is 0 Å². The second-order valence-corrected chi connectivity index (χ2v) is 4.39. The minimum Gasteiger partial charge on any atom is -0.350 e. The number of carbonyl (C=O) groups is 1. The van der Waals surface area contributed by atoms with Crippen LogP contribution in [0.15, 0.2) is 18.2 Å². The number of hydrogen-bond acceptors (Lipinski definition) is 2. The van der Waals surface area contributed by atoms with Crippen molar-refractivity contribution in [2.24, 2.45) is 0 Å². The SMILES string of the molecule is C[C@@H]1NC(=S)N(c2ccc(F)c(C(F)(F)F)c2)C1=O. The molecule has 1 aliphatic rings. The number of thiocarbonyl (C=S) groups is 1. The van der Waals surface area contributed by atoms with Gasteiger partial charge in [0.25, 0.3) is 5.91 Å². The molecule has 1 aromatic carbocycles. The summed E-state index contributed by atoms with van der Waals surface area (Å²) in [4.78, 5) is 12.7. The number of alkyl halides is 3. The fourth-order valence-electron chi connectivity index (χ4n) is 1.72. The van der Waals surface area contributed by atoms with E-state index >= 15 is 0 Å². The first-order chi connectivity index (χ1) is 8.71. The van der Waals surface area contributed by atoms with Crippen molar-refractivity contribution < 1.29 is 22.4 Å². The molecule has 0 spiro atoms. The highest BCUT2D eigenvalue weighted by molar-refractivity contribution is 7.80. The first-order valence-corrected chi connectivity index (χ1v) is 5.64. The Kier molecular flexibility index (Phi) is 3.21. The predicted octanol–water partition coefficient (Wildman–Crippen LogP) is 2.45. The van der Waals surface area contributed by atoms with Crippen LogP contribution in [0.3, 0.4) is 0 Å². The number of rotatable bonds is 1. The lowest BCUT2D eigenvalue weighted by atomic mass is 10.1. The third-order valence-corrected chi connectivity index (χ3v) is 2.95. The number of benzene rings is 1. The van der Waals surface area contributed by atoms with Crippen LogP contribution in [0.25, 0.3) is 0 Å². The highest BCUT2D eigenvalue weighted by atomic mass is 32.1. The average Bonchev–Trinajstić information content (AvgIpc) is 2.53. The third-order valence-electron chi connectivity index (χ3n) is 2.65. The van der Waals surface area contributed by atoms with Crippen LogP contribution in [-0.2, 0) is 11.0 Å². The summed E-state index contributed by atoms with van der Waals surface area (Å²) in [5.41, 5.74) is -1.54. The molecule has 1 atom stereocenters. The summed E-state index contributed by atoms with van der Waals surface area (Å²) < 4.78 is 50.9. The monoisotopic (exact) mass is 292 g/mol. The van der Waals surface area contributed by atoms with E-state index < -0.39 is 29.5 Å². The first-order valence-electron chi connectivity index (χ1n) is 5.23. The summed E-state index contributed by atoms with van der Waals surface area (Å²) in [6, 6.07) is 1.69. The largest absolute Gasteiger partial charge is 0.419 e. The van der Waals surface area contributed by atoms with Gasteiger partial charge in [0, 0.05) is 0 Å². The molecule has 1 fully saturated rings. The summed E-state index contributed by atoms with van der Waals surface area (Å²) in [5.74, 6) is -1.88. The number of halogens is 4. The van der Waals surface area contributed by atoms with Gasteiger partial charge in [-0.1, -0.05) is 0 Å². The van der Waals surface area contributed by atoms with Crippen LogP contribution in [-0.4, -0.2) is 17.1 Å². The van der Waals surface area contributed by atoms with E-state index in [1.807, 2.05) is 0 Å². The predicted molar refractivity (Wildman–Crippen MR) is 64.1 cm³/mol.